The summed E-state index contributed by atoms with van der Waals surface area (Å²) in [5, 5.41) is 2.84. The van der Waals surface area contributed by atoms with E-state index in [2.05, 4.69) is 22.2 Å². The minimum Gasteiger partial charge on any atom is -0.357 e. The second-order valence-electron chi connectivity index (χ2n) is 4.45. The molecule has 0 saturated carbocycles. The standard InChI is InChI=1S/C12H19FN4/c1-3-9-4-6-17(7-5-9)11-10(13)8-15-12(14-2)16-11/h8-9H,3-7H2,1-2H3,(H,14,15,16). The SMILES string of the molecule is CCC1CCN(c2nc(NC)ncc2F)CC1. The van der Waals surface area contributed by atoms with Gasteiger partial charge in [-0.1, -0.05) is 13.3 Å². The van der Waals surface area contributed by atoms with Gasteiger partial charge in [-0.15, -0.1) is 0 Å². The Morgan fingerprint density at radius 3 is 2.76 bits per heavy atom. The highest BCUT2D eigenvalue weighted by atomic mass is 19.1. The minimum atomic E-state index is -0.334. The molecule has 0 amide bonds. The molecule has 1 aromatic rings. The zero-order valence-corrected chi connectivity index (χ0v) is 10.4. The Kier molecular flexibility index (Phi) is 3.76. The number of rotatable bonds is 3. The normalized spacial score (nSPS) is 17.2. The van der Waals surface area contributed by atoms with Crippen molar-refractivity contribution in [2.45, 2.75) is 26.2 Å². The van der Waals surface area contributed by atoms with Gasteiger partial charge in [-0.2, -0.15) is 4.98 Å². The van der Waals surface area contributed by atoms with Crippen molar-refractivity contribution < 1.29 is 4.39 Å². The van der Waals surface area contributed by atoms with Gasteiger partial charge in [-0.25, -0.2) is 9.37 Å². The van der Waals surface area contributed by atoms with Gasteiger partial charge < -0.3 is 10.2 Å². The summed E-state index contributed by atoms with van der Waals surface area (Å²) in [6.45, 7) is 3.98. The Labute approximate surface area is 101 Å². The summed E-state index contributed by atoms with van der Waals surface area (Å²) >= 11 is 0. The van der Waals surface area contributed by atoms with E-state index in [4.69, 9.17) is 0 Å². The van der Waals surface area contributed by atoms with Crippen molar-refractivity contribution in [1.29, 1.82) is 0 Å². The topological polar surface area (TPSA) is 41.1 Å². The first-order valence-corrected chi connectivity index (χ1v) is 6.19. The van der Waals surface area contributed by atoms with Gasteiger partial charge in [0.25, 0.3) is 0 Å². The van der Waals surface area contributed by atoms with E-state index in [9.17, 15) is 4.39 Å². The smallest absolute Gasteiger partial charge is 0.224 e. The number of nitrogens with zero attached hydrogens (tertiary/aromatic N) is 3. The molecule has 2 heterocycles. The molecule has 0 aliphatic carbocycles. The summed E-state index contributed by atoms with van der Waals surface area (Å²) in [5.74, 6) is 1.34. The first kappa shape index (κ1) is 12.1. The van der Waals surface area contributed by atoms with Crippen LogP contribution in [-0.4, -0.2) is 30.1 Å². The molecule has 17 heavy (non-hydrogen) atoms. The highest BCUT2D eigenvalue weighted by Crippen LogP contribution is 2.25. The second-order valence-corrected chi connectivity index (χ2v) is 4.45. The molecule has 2 rings (SSSR count). The summed E-state index contributed by atoms with van der Waals surface area (Å²) < 4.78 is 13.7. The molecule has 0 radical (unpaired) electrons. The first-order valence-electron chi connectivity index (χ1n) is 6.19. The first-order chi connectivity index (χ1) is 8.24. The van der Waals surface area contributed by atoms with Crippen LogP contribution in [0.4, 0.5) is 16.2 Å². The van der Waals surface area contributed by atoms with Gasteiger partial charge in [0.2, 0.25) is 5.95 Å². The third-order valence-corrected chi connectivity index (χ3v) is 3.44. The van der Waals surface area contributed by atoms with E-state index in [-0.39, 0.29) is 5.82 Å². The van der Waals surface area contributed by atoms with Gasteiger partial charge in [-0.05, 0) is 18.8 Å². The lowest BCUT2D eigenvalue weighted by Crippen LogP contribution is -2.34. The van der Waals surface area contributed by atoms with Crippen LogP contribution < -0.4 is 10.2 Å². The predicted octanol–water partition coefficient (Wildman–Crippen LogP) is 2.28. The highest BCUT2D eigenvalue weighted by Gasteiger charge is 2.21. The summed E-state index contributed by atoms with van der Waals surface area (Å²) in [5.41, 5.74) is 0. The molecule has 1 aliphatic heterocycles. The molecule has 1 aromatic heterocycles. The average Bonchev–Trinajstić information content (AvgIpc) is 2.39. The maximum absolute atomic E-state index is 13.7. The van der Waals surface area contributed by atoms with E-state index in [1.807, 2.05) is 4.90 Å². The summed E-state index contributed by atoms with van der Waals surface area (Å²) in [4.78, 5) is 10.1. The fourth-order valence-corrected chi connectivity index (χ4v) is 2.25. The van der Waals surface area contributed by atoms with Crippen LogP contribution in [-0.2, 0) is 0 Å². The molecule has 4 nitrogen and oxygen atoms in total. The van der Waals surface area contributed by atoms with Crippen molar-refractivity contribution in [3.8, 4) is 0 Å². The van der Waals surface area contributed by atoms with Gasteiger partial charge in [0, 0.05) is 20.1 Å². The molecule has 0 unspecified atom stereocenters. The fraction of sp³-hybridized carbons (Fsp3) is 0.667. The lowest BCUT2D eigenvalue weighted by atomic mass is 9.94. The number of halogens is 1. The number of hydrogen-bond donors (Lipinski definition) is 1. The van der Waals surface area contributed by atoms with Crippen LogP contribution in [0.15, 0.2) is 6.20 Å². The van der Waals surface area contributed by atoms with Gasteiger partial charge >= 0.3 is 0 Å². The average molecular weight is 238 g/mol. The number of aromatic nitrogens is 2. The van der Waals surface area contributed by atoms with Crippen LogP contribution in [0.25, 0.3) is 0 Å². The zero-order chi connectivity index (χ0) is 12.3. The van der Waals surface area contributed by atoms with Crippen molar-refractivity contribution in [3.05, 3.63) is 12.0 Å². The third-order valence-electron chi connectivity index (χ3n) is 3.44. The van der Waals surface area contributed by atoms with Gasteiger partial charge in [0.05, 0.1) is 6.20 Å². The molecule has 5 heteroatoms. The molecular formula is C12H19FN4. The molecule has 0 bridgehead atoms. The van der Waals surface area contributed by atoms with Crippen molar-refractivity contribution in [2.75, 3.05) is 30.4 Å². The molecule has 1 fully saturated rings. The summed E-state index contributed by atoms with van der Waals surface area (Å²) in [7, 11) is 1.74. The molecule has 1 saturated heterocycles. The Bertz CT molecular complexity index is 375. The monoisotopic (exact) mass is 238 g/mol. The molecule has 94 valence electrons. The number of piperidine rings is 1. The fourth-order valence-electron chi connectivity index (χ4n) is 2.25. The van der Waals surface area contributed by atoms with Crippen LogP contribution in [0.1, 0.15) is 26.2 Å². The van der Waals surface area contributed by atoms with Crippen molar-refractivity contribution >= 4 is 11.8 Å². The molecular weight excluding hydrogens is 219 g/mol. The number of hydrogen-bond acceptors (Lipinski definition) is 4. The van der Waals surface area contributed by atoms with Gasteiger partial charge in [-0.3, -0.25) is 0 Å². The maximum Gasteiger partial charge on any atom is 0.224 e. The predicted molar refractivity (Wildman–Crippen MR) is 66.8 cm³/mol. The Morgan fingerprint density at radius 2 is 2.18 bits per heavy atom. The molecule has 0 aromatic carbocycles. The second kappa shape index (κ2) is 5.29. The lowest BCUT2D eigenvalue weighted by molar-refractivity contribution is 0.391. The van der Waals surface area contributed by atoms with E-state index < -0.39 is 0 Å². The number of nitrogens with one attached hydrogen (secondary N) is 1. The zero-order valence-electron chi connectivity index (χ0n) is 10.4. The van der Waals surface area contributed by atoms with Crippen molar-refractivity contribution in [1.82, 2.24) is 9.97 Å². The Morgan fingerprint density at radius 1 is 1.47 bits per heavy atom. The summed E-state index contributed by atoms with van der Waals surface area (Å²) in [6.07, 6.45) is 4.69. The van der Waals surface area contributed by atoms with Crippen molar-refractivity contribution in [3.63, 3.8) is 0 Å². The quantitative estimate of drug-likeness (QED) is 0.877. The van der Waals surface area contributed by atoms with E-state index in [1.165, 1.54) is 12.6 Å². The van der Waals surface area contributed by atoms with E-state index >= 15 is 0 Å². The van der Waals surface area contributed by atoms with E-state index in [1.54, 1.807) is 7.05 Å². The summed E-state index contributed by atoms with van der Waals surface area (Å²) in [6, 6.07) is 0. The van der Waals surface area contributed by atoms with Gasteiger partial charge in [0.15, 0.2) is 11.6 Å². The molecule has 1 aliphatic rings. The Balaban J connectivity index is 2.12. The van der Waals surface area contributed by atoms with E-state index in [0.29, 0.717) is 11.8 Å². The minimum absolute atomic E-state index is 0.334. The van der Waals surface area contributed by atoms with Crippen LogP contribution in [0.3, 0.4) is 0 Å². The molecule has 1 N–H and O–H groups in total. The van der Waals surface area contributed by atoms with Crippen LogP contribution in [0.2, 0.25) is 0 Å². The van der Waals surface area contributed by atoms with E-state index in [0.717, 1.165) is 31.8 Å². The van der Waals surface area contributed by atoms with Crippen LogP contribution >= 0.6 is 0 Å². The van der Waals surface area contributed by atoms with Crippen LogP contribution in [0, 0.1) is 11.7 Å². The highest BCUT2D eigenvalue weighted by molar-refractivity contribution is 5.44. The van der Waals surface area contributed by atoms with Crippen LogP contribution in [0.5, 0.6) is 0 Å². The van der Waals surface area contributed by atoms with Gasteiger partial charge in [0.1, 0.15) is 0 Å². The third kappa shape index (κ3) is 2.65. The van der Waals surface area contributed by atoms with Crippen molar-refractivity contribution in [2.24, 2.45) is 5.92 Å². The lowest BCUT2D eigenvalue weighted by Gasteiger charge is -2.32. The molecule has 0 atom stereocenters. The maximum atomic E-state index is 13.7. The Hall–Kier alpha value is -1.39. The largest absolute Gasteiger partial charge is 0.357 e. The number of anilines is 2. The molecule has 0 spiro atoms.